The number of ether oxygens (including phenoxy) is 3. The molecule has 0 radical (unpaired) electrons. The van der Waals surface area contributed by atoms with E-state index in [2.05, 4.69) is 37.9 Å². The number of morpholine rings is 1. The van der Waals surface area contributed by atoms with Crippen LogP contribution < -0.4 is 9.64 Å². The van der Waals surface area contributed by atoms with Gasteiger partial charge in [0.1, 0.15) is 23.0 Å². The Hall–Kier alpha value is -3.51. The monoisotopic (exact) mass is 692 g/mol. The zero-order valence-corrected chi connectivity index (χ0v) is 27.3. The number of aromatic hydroxyl groups is 1. The van der Waals surface area contributed by atoms with E-state index in [0.29, 0.717) is 42.3 Å². The summed E-state index contributed by atoms with van der Waals surface area (Å²) in [5.41, 5.74) is 3.79. The molecule has 0 amide bonds. The van der Waals surface area contributed by atoms with Gasteiger partial charge in [0.2, 0.25) is 0 Å². The number of fused-ring (bicyclic) bond motifs is 2. The second kappa shape index (κ2) is 13.7. The first kappa shape index (κ1) is 31.1. The van der Waals surface area contributed by atoms with E-state index in [1.165, 1.54) is 18.2 Å². The number of phenolic OH excluding ortho intramolecular Hbond substituents is 1. The number of halogens is 2. The number of carbonyl (C=O) groups excluding carboxylic acids is 1. The van der Waals surface area contributed by atoms with Crippen LogP contribution in [-0.4, -0.2) is 90.1 Å². The molecule has 2 atom stereocenters. The highest BCUT2D eigenvalue weighted by Gasteiger charge is 2.31. The lowest BCUT2D eigenvalue weighted by Crippen LogP contribution is -2.58. The zero-order chi connectivity index (χ0) is 31.6. The first-order valence-electron chi connectivity index (χ1n) is 16.1. The van der Waals surface area contributed by atoms with Gasteiger partial charge in [0.15, 0.2) is 12.5 Å². The van der Waals surface area contributed by atoms with Gasteiger partial charge in [-0.25, -0.2) is 9.07 Å². The van der Waals surface area contributed by atoms with Crippen LogP contribution in [0.2, 0.25) is 0 Å². The number of alkyl halides is 1. The number of hydrogen-bond acceptors (Lipinski definition) is 8. The highest BCUT2D eigenvalue weighted by molar-refractivity contribution is 9.09. The number of hydrogen-bond donors (Lipinski definition) is 1. The molecular weight excluding hydrogens is 655 g/mol. The van der Waals surface area contributed by atoms with Crippen molar-refractivity contribution in [3.63, 3.8) is 0 Å². The maximum atomic E-state index is 15.1. The first-order valence-corrected chi connectivity index (χ1v) is 17.2. The molecule has 0 bridgehead atoms. The van der Waals surface area contributed by atoms with E-state index in [1.807, 2.05) is 10.7 Å². The molecule has 0 spiro atoms. The fraction of sp³-hybridized carbons (Fsp3) is 0.429. The number of carbonyl (C=O) groups is 1. The van der Waals surface area contributed by atoms with E-state index in [1.54, 1.807) is 12.1 Å². The van der Waals surface area contributed by atoms with Crippen molar-refractivity contribution in [3.8, 4) is 33.9 Å². The van der Waals surface area contributed by atoms with E-state index in [4.69, 9.17) is 19.3 Å². The Morgan fingerprint density at radius 1 is 1.11 bits per heavy atom. The van der Waals surface area contributed by atoms with Gasteiger partial charge >= 0.3 is 0 Å². The van der Waals surface area contributed by atoms with Crippen LogP contribution in [0, 0.1) is 5.82 Å². The molecule has 242 valence electrons. The summed E-state index contributed by atoms with van der Waals surface area (Å²) in [7, 11) is 0. The Morgan fingerprint density at radius 2 is 2.02 bits per heavy atom. The van der Waals surface area contributed by atoms with Gasteiger partial charge in [0.25, 0.3) is 0 Å². The standard InChI is InChI=1S/C35H38BrFN4O5/c36-10-4-15-45-32-18-23(8-9-29(32)40-12-11-39-13-16-44-22-25(39)20-40)35-27-19-26(34-28(37)5-3-6-31(34)43)24(21-42)17-30(27)41(38-35)33-7-1-2-14-46-33/h3,5-6,8-9,17-19,21,25,33,43H,1-2,4,7,10-16,20,22H2/t25-,33?/m1/s1. The van der Waals surface area contributed by atoms with Crippen molar-refractivity contribution in [2.45, 2.75) is 38.0 Å². The van der Waals surface area contributed by atoms with Crippen molar-refractivity contribution in [2.75, 3.05) is 62.8 Å². The Bertz CT molecular complexity index is 1700. The predicted octanol–water partition coefficient (Wildman–Crippen LogP) is 6.41. The van der Waals surface area contributed by atoms with Crippen LogP contribution in [0.5, 0.6) is 11.5 Å². The number of rotatable bonds is 9. The van der Waals surface area contributed by atoms with Gasteiger partial charge in [0.05, 0.1) is 42.6 Å². The van der Waals surface area contributed by atoms with Crippen molar-refractivity contribution in [1.29, 1.82) is 0 Å². The fourth-order valence-electron chi connectivity index (χ4n) is 6.88. The van der Waals surface area contributed by atoms with Crippen LogP contribution >= 0.6 is 15.9 Å². The van der Waals surface area contributed by atoms with E-state index in [-0.39, 0.29) is 23.1 Å². The number of piperazine rings is 1. The van der Waals surface area contributed by atoms with Gasteiger partial charge in [-0.3, -0.25) is 9.69 Å². The van der Waals surface area contributed by atoms with Gasteiger partial charge < -0.3 is 24.2 Å². The molecule has 1 aromatic heterocycles. The van der Waals surface area contributed by atoms with Crippen LogP contribution in [0.4, 0.5) is 10.1 Å². The molecule has 1 N–H and O–H groups in total. The lowest BCUT2D eigenvalue weighted by Gasteiger charge is -2.44. The van der Waals surface area contributed by atoms with Crippen molar-refractivity contribution in [3.05, 3.63) is 59.9 Å². The Kier molecular flexibility index (Phi) is 9.26. The first-order chi connectivity index (χ1) is 22.6. The number of phenols is 1. The van der Waals surface area contributed by atoms with Gasteiger partial charge in [0, 0.05) is 54.6 Å². The number of nitrogens with zero attached hydrogens (tertiary/aromatic N) is 4. The molecule has 4 heterocycles. The van der Waals surface area contributed by atoms with Crippen molar-refractivity contribution >= 4 is 38.8 Å². The van der Waals surface area contributed by atoms with Crippen LogP contribution in [0.1, 0.15) is 42.3 Å². The molecule has 3 saturated heterocycles. The molecule has 3 fully saturated rings. The lowest BCUT2D eigenvalue weighted by atomic mass is 9.95. The number of anilines is 1. The molecule has 1 unspecified atom stereocenters. The van der Waals surface area contributed by atoms with Gasteiger partial charge in [-0.15, -0.1) is 0 Å². The Morgan fingerprint density at radius 3 is 2.83 bits per heavy atom. The number of aldehydes is 1. The molecule has 0 saturated carbocycles. The highest BCUT2D eigenvalue weighted by Crippen LogP contribution is 2.42. The lowest BCUT2D eigenvalue weighted by molar-refractivity contribution is -0.0365. The summed E-state index contributed by atoms with van der Waals surface area (Å²) in [6.45, 7) is 6.37. The normalized spacial score (nSPS) is 20.5. The summed E-state index contributed by atoms with van der Waals surface area (Å²) in [6.07, 6.45) is 4.04. The van der Waals surface area contributed by atoms with Crippen LogP contribution in [0.15, 0.2) is 48.5 Å². The summed E-state index contributed by atoms with van der Waals surface area (Å²) in [6, 6.07) is 14.2. The van der Waals surface area contributed by atoms with Crippen LogP contribution in [0.25, 0.3) is 33.3 Å². The number of aromatic nitrogens is 2. The summed E-state index contributed by atoms with van der Waals surface area (Å²) < 4.78 is 35.3. The largest absolute Gasteiger partial charge is 0.507 e. The zero-order valence-electron chi connectivity index (χ0n) is 25.7. The van der Waals surface area contributed by atoms with Crippen LogP contribution in [0.3, 0.4) is 0 Å². The van der Waals surface area contributed by atoms with E-state index in [9.17, 15) is 9.90 Å². The number of benzene rings is 3. The third kappa shape index (κ3) is 6.01. The summed E-state index contributed by atoms with van der Waals surface area (Å²) in [5.74, 6) is -0.0682. The SMILES string of the molecule is O=Cc1cc2c(cc1-c1c(O)cccc1F)c(-c1ccc(N3CCN4CCOC[C@H]4C3)c(OCCCBr)c1)nn2C1CCCCO1. The average molecular weight is 694 g/mol. The van der Waals surface area contributed by atoms with Gasteiger partial charge in [-0.2, -0.15) is 5.10 Å². The van der Waals surface area contributed by atoms with Crippen LogP contribution in [-0.2, 0) is 9.47 Å². The fourth-order valence-corrected chi connectivity index (χ4v) is 7.11. The molecule has 0 aliphatic carbocycles. The molecule has 9 nitrogen and oxygen atoms in total. The minimum atomic E-state index is -0.609. The Labute approximate surface area is 276 Å². The average Bonchev–Trinajstić information content (AvgIpc) is 3.46. The quantitative estimate of drug-likeness (QED) is 0.122. The smallest absolute Gasteiger partial charge is 0.150 e. The predicted molar refractivity (Wildman–Crippen MR) is 179 cm³/mol. The van der Waals surface area contributed by atoms with Crippen molar-refractivity contribution in [1.82, 2.24) is 14.7 Å². The molecule has 3 aliphatic heterocycles. The van der Waals surface area contributed by atoms with Gasteiger partial charge in [-0.1, -0.05) is 28.1 Å². The molecule has 4 aromatic rings. The molecule has 11 heteroatoms. The minimum Gasteiger partial charge on any atom is -0.507 e. The summed E-state index contributed by atoms with van der Waals surface area (Å²) in [5, 5.41) is 17.3. The summed E-state index contributed by atoms with van der Waals surface area (Å²) in [4.78, 5) is 17.3. The second-order valence-corrected chi connectivity index (χ2v) is 12.9. The second-order valence-electron chi connectivity index (χ2n) is 12.1. The minimum absolute atomic E-state index is 0.0147. The van der Waals surface area contributed by atoms with Gasteiger partial charge in [-0.05, 0) is 67.6 Å². The molecule has 46 heavy (non-hydrogen) atoms. The van der Waals surface area contributed by atoms with Crippen molar-refractivity contribution < 1.29 is 28.5 Å². The van der Waals surface area contributed by atoms with Crippen molar-refractivity contribution in [2.24, 2.45) is 0 Å². The molecule has 3 aromatic carbocycles. The summed E-state index contributed by atoms with van der Waals surface area (Å²) >= 11 is 3.52. The molecular formula is C35H38BrFN4O5. The topological polar surface area (TPSA) is 89.3 Å². The third-order valence-electron chi connectivity index (χ3n) is 9.24. The van der Waals surface area contributed by atoms with E-state index >= 15 is 4.39 Å². The molecule has 3 aliphatic rings. The third-order valence-corrected chi connectivity index (χ3v) is 9.80. The van der Waals surface area contributed by atoms with E-state index < -0.39 is 5.82 Å². The Balaban J connectivity index is 1.36. The van der Waals surface area contributed by atoms with E-state index in [0.717, 1.165) is 92.8 Å². The maximum absolute atomic E-state index is 15.1. The highest BCUT2D eigenvalue weighted by atomic mass is 79.9. The molecule has 7 rings (SSSR count). The maximum Gasteiger partial charge on any atom is 0.150 e.